The van der Waals surface area contributed by atoms with Gasteiger partial charge >= 0.3 is 0 Å². The number of carbonyl (C=O) groups is 1. The Balaban J connectivity index is 1.75. The number of pyridine rings is 1. The molecule has 0 unspecified atom stereocenters. The van der Waals surface area contributed by atoms with Crippen LogP contribution in [0.25, 0.3) is 11.1 Å². The number of H-pyrrole nitrogens is 1. The van der Waals surface area contributed by atoms with Crippen LogP contribution in [0, 0.1) is 0 Å². The van der Waals surface area contributed by atoms with Gasteiger partial charge in [0.25, 0.3) is 5.91 Å². The molecule has 98 valence electrons. The fraction of sp³-hybridized carbons (Fsp3) is 0. The molecule has 0 saturated heterocycles. The normalized spacial score (nSPS) is 10.2. The fourth-order valence-corrected chi connectivity index (χ4v) is 1.95. The molecule has 0 fully saturated rings. The molecule has 4 heteroatoms. The summed E-state index contributed by atoms with van der Waals surface area (Å²) in [4.78, 5) is 18.8. The zero-order valence-electron chi connectivity index (χ0n) is 10.7. The molecule has 20 heavy (non-hydrogen) atoms. The molecule has 4 nitrogen and oxygen atoms in total. The fourth-order valence-electron chi connectivity index (χ4n) is 1.95. The summed E-state index contributed by atoms with van der Waals surface area (Å²) in [6, 6.07) is 15.1. The summed E-state index contributed by atoms with van der Waals surface area (Å²) >= 11 is 0. The van der Waals surface area contributed by atoms with Crippen molar-refractivity contribution >= 4 is 11.6 Å². The summed E-state index contributed by atoms with van der Waals surface area (Å²) in [6.07, 6.45) is 5.28. The molecule has 0 radical (unpaired) electrons. The van der Waals surface area contributed by atoms with E-state index < -0.39 is 0 Å². The molecule has 0 aliphatic carbocycles. The third kappa shape index (κ3) is 2.59. The molecule has 2 N–H and O–H groups in total. The van der Waals surface area contributed by atoms with Crippen molar-refractivity contribution in [1.29, 1.82) is 0 Å². The standard InChI is InChI=1S/C16H13N3O/c20-16(15-4-2-10-18-15)19-14-7-5-12(6-8-14)13-3-1-9-17-11-13/h1-11,18H,(H,19,20). The van der Waals surface area contributed by atoms with Crippen LogP contribution in [-0.2, 0) is 0 Å². The van der Waals surface area contributed by atoms with Crippen molar-refractivity contribution in [2.45, 2.75) is 0 Å². The topological polar surface area (TPSA) is 57.8 Å². The predicted molar refractivity (Wildman–Crippen MR) is 78.4 cm³/mol. The van der Waals surface area contributed by atoms with Gasteiger partial charge in [0.15, 0.2) is 0 Å². The Morgan fingerprint density at radius 3 is 2.50 bits per heavy atom. The molecule has 1 amide bonds. The summed E-state index contributed by atoms with van der Waals surface area (Å²) in [7, 11) is 0. The van der Waals surface area contributed by atoms with Gasteiger partial charge in [-0.25, -0.2) is 0 Å². The van der Waals surface area contributed by atoms with Crippen LogP contribution in [0.5, 0.6) is 0 Å². The molecular formula is C16H13N3O. The highest BCUT2D eigenvalue weighted by Crippen LogP contribution is 2.20. The van der Waals surface area contributed by atoms with Gasteiger partial charge in [-0.15, -0.1) is 0 Å². The van der Waals surface area contributed by atoms with Gasteiger partial charge in [0.2, 0.25) is 0 Å². The molecule has 0 bridgehead atoms. The van der Waals surface area contributed by atoms with E-state index in [1.165, 1.54) is 0 Å². The van der Waals surface area contributed by atoms with E-state index in [9.17, 15) is 4.79 Å². The van der Waals surface area contributed by atoms with E-state index in [4.69, 9.17) is 0 Å². The van der Waals surface area contributed by atoms with Crippen molar-refractivity contribution in [3.8, 4) is 11.1 Å². The minimum atomic E-state index is -0.149. The highest BCUT2D eigenvalue weighted by Gasteiger charge is 2.06. The van der Waals surface area contributed by atoms with Crippen LogP contribution in [0.15, 0.2) is 67.1 Å². The van der Waals surface area contributed by atoms with E-state index in [2.05, 4.69) is 15.3 Å². The van der Waals surface area contributed by atoms with Crippen molar-refractivity contribution in [2.24, 2.45) is 0 Å². The van der Waals surface area contributed by atoms with Gasteiger partial charge in [0, 0.05) is 24.3 Å². The number of carbonyl (C=O) groups excluding carboxylic acids is 1. The average Bonchev–Trinajstić information content (AvgIpc) is 3.03. The zero-order chi connectivity index (χ0) is 13.8. The van der Waals surface area contributed by atoms with Crippen LogP contribution in [0.3, 0.4) is 0 Å². The average molecular weight is 263 g/mol. The summed E-state index contributed by atoms with van der Waals surface area (Å²) in [6.45, 7) is 0. The maximum absolute atomic E-state index is 11.9. The molecule has 0 spiro atoms. The highest BCUT2D eigenvalue weighted by atomic mass is 16.1. The number of anilines is 1. The van der Waals surface area contributed by atoms with Gasteiger partial charge in [0.05, 0.1) is 0 Å². The van der Waals surface area contributed by atoms with Crippen LogP contribution in [0.1, 0.15) is 10.5 Å². The van der Waals surface area contributed by atoms with Crippen LogP contribution >= 0.6 is 0 Å². The van der Waals surface area contributed by atoms with Crippen LogP contribution in [-0.4, -0.2) is 15.9 Å². The molecule has 2 heterocycles. The Labute approximate surface area is 116 Å². The van der Waals surface area contributed by atoms with Crippen molar-refractivity contribution < 1.29 is 4.79 Å². The van der Waals surface area contributed by atoms with E-state index in [1.807, 2.05) is 42.6 Å². The first-order valence-electron chi connectivity index (χ1n) is 6.28. The second-order valence-electron chi connectivity index (χ2n) is 4.36. The molecule has 0 aliphatic rings. The number of hydrogen-bond donors (Lipinski definition) is 2. The van der Waals surface area contributed by atoms with Crippen LogP contribution < -0.4 is 5.32 Å². The molecule has 3 aromatic rings. The summed E-state index contributed by atoms with van der Waals surface area (Å²) in [5, 5.41) is 2.84. The molecule has 2 aromatic heterocycles. The molecule has 0 atom stereocenters. The van der Waals surface area contributed by atoms with Gasteiger partial charge in [-0.05, 0) is 41.5 Å². The SMILES string of the molecule is O=C(Nc1ccc(-c2cccnc2)cc1)c1ccc[nH]1. The quantitative estimate of drug-likeness (QED) is 0.761. The van der Waals surface area contributed by atoms with Crippen molar-refractivity contribution in [1.82, 2.24) is 9.97 Å². The lowest BCUT2D eigenvalue weighted by atomic mass is 10.1. The minimum absolute atomic E-state index is 0.149. The second-order valence-corrected chi connectivity index (χ2v) is 4.36. The monoisotopic (exact) mass is 263 g/mol. The number of hydrogen-bond acceptors (Lipinski definition) is 2. The Bertz CT molecular complexity index is 688. The number of amides is 1. The Hall–Kier alpha value is -2.88. The minimum Gasteiger partial charge on any atom is -0.357 e. The summed E-state index contributed by atoms with van der Waals surface area (Å²) in [5.74, 6) is -0.149. The van der Waals surface area contributed by atoms with Gasteiger partial charge in [-0.2, -0.15) is 0 Å². The number of nitrogens with zero attached hydrogens (tertiary/aromatic N) is 1. The van der Waals surface area contributed by atoms with E-state index >= 15 is 0 Å². The van der Waals surface area contributed by atoms with E-state index in [1.54, 1.807) is 24.5 Å². The van der Waals surface area contributed by atoms with Gasteiger partial charge in [-0.1, -0.05) is 18.2 Å². The Kier molecular flexibility index (Phi) is 3.29. The van der Waals surface area contributed by atoms with Crippen LogP contribution in [0.4, 0.5) is 5.69 Å². The lowest BCUT2D eigenvalue weighted by Gasteiger charge is -2.05. The van der Waals surface area contributed by atoms with Gasteiger partial charge in [-0.3, -0.25) is 9.78 Å². The lowest BCUT2D eigenvalue weighted by molar-refractivity contribution is 0.102. The van der Waals surface area contributed by atoms with E-state index in [0.29, 0.717) is 5.69 Å². The first-order chi connectivity index (χ1) is 9.83. The zero-order valence-corrected chi connectivity index (χ0v) is 10.7. The van der Waals surface area contributed by atoms with Crippen molar-refractivity contribution in [2.75, 3.05) is 5.32 Å². The van der Waals surface area contributed by atoms with Crippen molar-refractivity contribution in [3.63, 3.8) is 0 Å². The third-order valence-corrected chi connectivity index (χ3v) is 2.98. The van der Waals surface area contributed by atoms with E-state index in [-0.39, 0.29) is 5.91 Å². The second kappa shape index (κ2) is 5.40. The summed E-state index contributed by atoms with van der Waals surface area (Å²) in [5.41, 5.74) is 3.42. The van der Waals surface area contributed by atoms with Crippen LogP contribution in [0.2, 0.25) is 0 Å². The lowest BCUT2D eigenvalue weighted by Crippen LogP contribution is -2.11. The van der Waals surface area contributed by atoms with Crippen molar-refractivity contribution in [3.05, 3.63) is 72.8 Å². The third-order valence-electron chi connectivity index (χ3n) is 2.98. The molecule has 0 aliphatic heterocycles. The first kappa shape index (κ1) is 12.2. The van der Waals surface area contributed by atoms with Gasteiger partial charge < -0.3 is 10.3 Å². The number of aromatic amines is 1. The molecule has 1 aromatic carbocycles. The molecule has 3 rings (SSSR count). The number of rotatable bonds is 3. The maximum Gasteiger partial charge on any atom is 0.272 e. The smallest absolute Gasteiger partial charge is 0.272 e. The largest absolute Gasteiger partial charge is 0.357 e. The highest BCUT2D eigenvalue weighted by molar-refractivity contribution is 6.03. The number of benzene rings is 1. The summed E-state index contributed by atoms with van der Waals surface area (Å²) < 4.78 is 0. The first-order valence-corrected chi connectivity index (χ1v) is 6.28. The molecular weight excluding hydrogens is 250 g/mol. The number of nitrogens with one attached hydrogen (secondary N) is 2. The maximum atomic E-state index is 11.9. The Morgan fingerprint density at radius 2 is 1.85 bits per heavy atom. The van der Waals surface area contributed by atoms with E-state index in [0.717, 1.165) is 16.8 Å². The Morgan fingerprint density at radius 1 is 1.00 bits per heavy atom. The number of aromatic nitrogens is 2. The van der Waals surface area contributed by atoms with Gasteiger partial charge in [0.1, 0.15) is 5.69 Å². The predicted octanol–water partition coefficient (Wildman–Crippen LogP) is 3.33. The molecule has 0 saturated carbocycles.